The van der Waals surface area contributed by atoms with Gasteiger partial charge in [0.1, 0.15) is 11.6 Å². The minimum absolute atomic E-state index is 0.356. The summed E-state index contributed by atoms with van der Waals surface area (Å²) in [6.07, 6.45) is 8.12. The zero-order chi connectivity index (χ0) is 21.8. The topological polar surface area (TPSA) is 105 Å². The number of piperidine rings is 2. The van der Waals surface area contributed by atoms with E-state index in [1.54, 1.807) is 0 Å². The third-order valence-corrected chi connectivity index (χ3v) is 6.29. The second-order valence-corrected chi connectivity index (χ2v) is 8.39. The van der Waals surface area contributed by atoms with Gasteiger partial charge in [-0.25, -0.2) is 4.98 Å². The molecule has 31 heavy (non-hydrogen) atoms. The molecule has 3 fully saturated rings. The first-order chi connectivity index (χ1) is 15.1. The lowest BCUT2D eigenvalue weighted by atomic mass is 9.76. The van der Waals surface area contributed by atoms with Crippen LogP contribution in [0.3, 0.4) is 0 Å². The number of aryl methyl sites for hydroxylation is 1. The van der Waals surface area contributed by atoms with E-state index in [0.717, 1.165) is 48.1 Å². The van der Waals surface area contributed by atoms with Crippen molar-refractivity contribution < 1.29 is 0 Å². The highest BCUT2D eigenvalue weighted by molar-refractivity contribution is 5.78. The maximum absolute atomic E-state index is 8.95. The Morgan fingerprint density at radius 1 is 1.39 bits per heavy atom. The molecule has 4 heterocycles. The number of pyridine rings is 1. The molecule has 5 rings (SSSR count). The molecule has 8 nitrogen and oxygen atoms in total. The minimum atomic E-state index is 0.356. The number of aromatic nitrogens is 3. The van der Waals surface area contributed by atoms with E-state index < -0.39 is 0 Å². The molecule has 0 radical (unpaired) electrons. The fraction of sp³-hybridized carbons (Fsp3) is 0.478. The number of H-pyrrole nitrogens is 1. The lowest BCUT2D eigenvalue weighted by Gasteiger charge is -2.49. The molecule has 2 aromatic rings. The van der Waals surface area contributed by atoms with Gasteiger partial charge in [-0.05, 0) is 45.7 Å². The average molecular weight is 419 g/mol. The van der Waals surface area contributed by atoms with Gasteiger partial charge in [0, 0.05) is 55.0 Å². The number of hydrogen-bond acceptors (Lipinski definition) is 7. The van der Waals surface area contributed by atoms with E-state index in [-0.39, 0.29) is 0 Å². The van der Waals surface area contributed by atoms with Gasteiger partial charge in [-0.3, -0.25) is 15.0 Å². The van der Waals surface area contributed by atoms with E-state index in [0.29, 0.717) is 30.2 Å². The standard InChI is InChI=1S/C23H30N8/c1-4-6-18-20(25-3)13-21(27-22-11-15(2)29-30-22)28-23(18)26-19-12-17-8-7-16(19)14-31(17)10-5-9-24/h4,6,11,13,16-17,19H,3,5,7-8,10,12,14H2,1-2H3,(H3,26,27,28,29,30)/b6-4-/t16-,17-,19-/m0/s1. The molecule has 0 amide bonds. The van der Waals surface area contributed by atoms with Crippen LogP contribution in [0.15, 0.2) is 23.2 Å². The molecule has 2 aromatic heterocycles. The van der Waals surface area contributed by atoms with Crippen molar-refractivity contribution in [2.45, 2.75) is 51.6 Å². The van der Waals surface area contributed by atoms with Gasteiger partial charge in [0.2, 0.25) is 0 Å². The number of nitrogens with zero attached hydrogens (tertiary/aromatic N) is 5. The summed E-state index contributed by atoms with van der Waals surface area (Å²) in [5.74, 6) is 2.77. The Hall–Kier alpha value is -3.18. The summed E-state index contributed by atoms with van der Waals surface area (Å²) < 4.78 is 0. The second-order valence-electron chi connectivity index (χ2n) is 8.39. The SMILES string of the molecule is C=Nc1cc(Nc2cc(C)[nH]n2)nc(N[C@H]2C[C@@H]3CC[C@H]2CN3CCC#N)c1/C=C\C. The number of aliphatic imine (C=N–C) groups is 1. The molecule has 162 valence electrons. The summed E-state index contributed by atoms with van der Waals surface area (Å²) in [5.41, 5.74) is 2.71. The van der Waals surface area contributed by atoms with E-state index in [1.165, 1.54) is 12.8 Å². The Morgan fingerprint density at radius 3 is 2.90 bits per heavy atom. The zero-order valence-electron chi connectivity index (χ0n) is 18.2. The first kappa shape index (κ1) is 21.1. The van der Waals surface area contributed by atoms with Gasteiger partial charge in [0.05, 0.1) is 11.8 Å². The molecule has 3 N–H and O–H groups in total. The van der Waals surface area contributed by atoms with Crippen molar-refractivity contribution >= 4 is 35.9 Å². The predicted octanol–water partition coefficient (Wildman–Crippen LogP) is 4.40. The number of allylic oxidation sites excluding steroid dienone is 1. The number of anilines is 3. The van der Waals surface area contributed by atoms with Crippen LogP contribution >= 0.6 is 0 Å². The molecule has 0 spiro atoms. The summed E-state index contributed by atoms with van der Waals surface area (Å²) in [6.45, 7) is 9.64. The van der Waals surface area contributed by atoms with Crippen LogP contribution in [0, 0.1) is 24.2 Å². The van der Waals surface area contributed by atoms with Crippen LogP contribution in [0.1, 0.15) is 43.9 Å². The smallest absolute Gasteiger partial charge is 0.153 e. The van der Waals surface area contributed by atoms with Gasteiger partial charge in [-0.15, -0.1) is 0 Å². The van der Waals surface area contributed by atoms with Gasteiger partial charge < -0.3 is 10.6 Å². The highest BCUT2D eigenvalue weighted by Crippen LogP contribution is 2.38. The molecule has 2 bridgehead atoms. The molecule has 2 saturated heterocycles. The number of fused-ring (bicyclic) bond motifs is 3. The van der Waals surface area contributed by atoms with Gasteiger partial charge in [-0.1, -0.05) is 12.2 Å². The molecular weight excluding hydrogens is 388 g/mol. The van der Waals surface area contributed by atoms with Gasteiger partial charge >= 0.3 is 0 Å². The van der Waals surface area contributed by atoms with Crippen LogP contribution in [0.5, 0.6) is 0 Å². The van der Waals surface area contributed by atoms with Crippen molar-refractivity contribution in [3.05, 3.63) is 29.5 Å². The van der Waals surface area contributed by atoms with Gasteiger partial charge in [-0.2, -0.15) is 10.4 Å². The second kappa shape index (κ2) is 9.31. The number of nitriles is 1. The highest BCUT2D eigenvalue weighted by Gasteiger charge is 2.40. The van der Waals surface area contributed by atoms with Gasteiger partial charge in [0.25, 0.3) is 0 Å². The van der Waals surface area contributed by atoms with Crippen LogP contribution in [0.25, 0.3) is 6.08 Å². The van der Waals surface area contributed by atoms with Crippen molar-refractivity contribution in [3.8, 4) is 6.07 Å². The number of rotatable bonds is 8. The van der Waals surface area contributed by atoms with Crippen LogP contribution in [-0.2, 0) is 0 Å². The van der Waals surface area contributed by atoms with E-state index in [1.807, 2.05) is 38.1 Å². The summed E-state index contributed by atoms with van der Waals surface area (Å²) in [5, 5.41) is 23.1. The van der Waals surface area contributed by atoms with Crippen LogP contribution in [0.2, 0.25) is 0 Å². The lowest BCUT2D eigenvalue weighted by Crippen LogP contribution is -2.56. The van der Waals surface area contributed by atoms with Crippen molar-refractivity contribution in [2.24, 2.45) is 10.9 Å². The average Bonchev–Trinajstić information content (AvgIpc) is 3.19. The van der Waals surface area contributed by atoms with E-state index in [2.05, 4.69) is 43.5 Å². The fourth-order valence-electron chi connectivity index (χ4n) is 4.82. The first-order valence-electron chi connectivity index (χ1n) is 10.9. The van der Waals surface area contributed by atoms with Crippen LogP contribution in [-0.4, -0.2) is 52.0 Å². The van der Waals surface area contributed by atoms with E-state index in [4.69, 9.17) is 10.2 Å². The quantitative estimate of drug-likeness (QED) is 0.549. The van der Waals surface area contributed by atoms with Crippen molar-refractivity contribution in [3.63, 3.8) is 0 Å². The molecular formula is C23H30N8. The third kappa shape index (κ3) is 4.62. The first-order valence-corrected chi connectivity index (χ1v) is 10.9. The molecule has 0 unspecified atom stereocenters. The van der Waals surface area contributed by atoms with Crippen LogP contribution < -0.4 is 10.6 Å². The largest absolute Gasteiger partial charge is 0.366 e. The summed E-state index contributed by atoms with van der Waals surface area (Å²) >= 11 is 0. The Morgan fingerprint density at radius 2 is 2.26 bits per heavy atom. The molecule has 2 aliphatic heterocycles. The minimum Gasteiger partial charge on any atom is -0.366 e. The van der Waals surface area contributed by atoms with Crippen molar-refractivity contribution in [1.29, 1.82) is 5.26 Å². The Bertz CT molecular complexity index is 1000. The third-order valence-electron chi connectivity index (χ3n) is 6.29. The van der Waals surface area contributed by atoms with Crippen LogP contribution in [0.4, 0.5) is 23.1 Å². The Kier molecular flexibility index (Phi) is 6.33. The summed E-state index contributed by atoms with van der Waals surface area (Å²) in [7, 11) is 0. The van der Waals surface area contributed by atoms with Gasteiger partial charge in [0.15, 0.2) is 5.82 Å². The molecule has 1 aliphatic carbocycles. The molecule has 1 saturated carbocycles. The predicted molar refractivity (Wildman–Crippen MR) is 125 cm³/mol. The Labute approximate surface area is 183 Å². The maximum Gasteiger partial charge on any atom is 0.153 e. The molecule has 0 aromatic carbocycles. The van der Waals surface area contributed by atoms with E-state index in [9.17, 15) is 0 Å². The number of aromatic amines is 1. The Balaban J connectivity index is 1.58. The molecule has 3 atom stereocenters. The molecule has 3 aliphatic rings. The fourth-order valence-corrected chi connectivity index (χ4v) is 4.82. The normalized spacial score (nSPS) is 23.1. The maximum atomic E-state index is 8.95. The van der Waals surface area contributed by atoms with Crippen molar-refractivity contribution in [2.75, 3.05) is 23.7 Å². The molecule has 8 heteroatoms. The monoisotopic (exact) mass is 418 g/mol. The van der Waals surface area contributed by atoms with Crippen molar-refractivity contribution in [1.82, 2.24) is 20.1 Å². The zero-order valence-corrected chi connectivity index (χ0v) is 18.2. The van der Waals surface area contributed by atoms with E-state index >= 15 is 0 Å². The summed E-state index contributed by atoms with van der Waals surface area (Å²) in [6, 6.07) is 7.00. The lowest BCUT2D eigenvalue weighted by molar-refractivity contribution is 0.0414. The number of nitrogens with one attached hydrogen (secondary N) is 3. The highest BCUT2D eigenvalue weighted by atomic mass is 15.2. The summed E-state index contributed by atoms with van der Waals surface area (Å²) in [4.78, 5) is 11.6. The number of hydrogen-bond donors (Lipinski definition) is 3.